The second-order valence-electron chi connectivity index (χ2n) is 15.6. The van der Waals surface area contributed by atoms with Crippen LogP contribution < -0.4 is 26.6 Å². The number of benzene rings is 4. The van der Waals surface area contributed by atoms with Crippen molar-refractivity contribution >= 4 is 75.7 Å². The molecule has 1 unspecified atom stereocenters. The van der Waals surface area contributed by atoms with Crippen LogP contribution in [-0.2, 0) is 31.1 Å². The summed E-state index contributed by atoms with van der Waals surface area (Å²) in [5.74, 6) is -4.30. The molecule has 2 saturated heterocycles. The summed E-state index contributed by atoms with van der Waals surface area (Å²) in [4.78, 5) is 81.6. The molecular weight excluding hydrogens is 786 g/mol. The van der Waals surface area contributed by atoms with E-state index >= 15 is 4.39 Å². The number of carbonyl (C=O) groups excluding carboxylic acids is 6. The van der Waals surface area contributed by atoms with E-state index in [1.165, 1.54) is 11.0 Å². The number of hydrogen-bond acceptors (Lipinski definition) is 7. The molecule has 296 valence electrons. The second-order valence-corrected chi connectivity index (χ2v) is 16.4. The van der Waals surface area contributed by atoms with Crippen LogP contribution in [0.25, 0.3) is 0 Å². The lowest BCUT2D eigenvalue weighted by molar-refractivity contribution is -0.137. The van der Waals surface area contributed by atoms with Gasteiger partial charge in [-0.3, -0.25) is 39.4 Å². The molecule has 5 aliphatic rings. The first-order valence-corrected chi connectivity index (χ1v) is 20.0. The van der Waals surface area contributed by atoms with Crippen LogP contribution in [0.1, 0.15) is 88.3 Å². The average molecular weight is 824 g/mol. The number of halogens is 3. The van der Waals surface area contributed by atoms with Crippen molar-refractivity contribution in [3.05, 3.63) is 123 Å². The number of anilines is 3. The Morgan fingerprint density at radius 1 is 0.862 bits per heavy atom. The van der Waals surface area contributed by atoms with Crippen LogP contribution in [0.5, 0.6) is 0 Å². The number of fused-ring (bicyclic) bond motifs is 4. The molecule has 1 aliphatic carbocycles. The molecule has 2 spiro atoms. The van der Waals surface area contributed by atoms with Gasteiger partial charge in [0.1, 0.15) is 17.3 Å². The summed E-state index contributed by atoms with van der Waals surface area (Å²) in [6, 6.07) is 19.1. The van der Waals surface area contributed by atoms with E-state index in [0.29, 0.717) is 51.6 Å². The summed E-state index contributed by atoms with van der Waals surface area (Å²) < 4.78 is 16.2. The van der Waals surface area contributed by atoms with E-state index in [9.17, 15) is 28.8 Å². The number of piperidine rings is 1. The molecule has 4 aromatic carbocycles. The zero-order valence-corrected chi connectivity index (χ0v) is 32.4. The monoisotopic (exact) mass is 822 g/mol. The highest BCUT2D eigenvalue weighted by molar-refractivity contribution is 6.31. The zero-order chi connectivity index (χ0) is 40.5. The Morgan fingerprint density at radius 3 is 2.38 bits per heavy atom. The van der Waals surface area contributed by atoms with E-state index < -0.39 is 52.5 Å². The quantitative estimate of drug-likeness (QED) is 0.140. The third kappa shape index (κ3) is 5.89. The summed E-state index contributed by atoms with van der Waals surface area (Å²) in [5.41, 5.74) is 0.952. The topological polar surface area (TPSA) is 166 Å². The lowest BCUT2D eigenvalue weighted by Crippen LogP contribution is -2.60. The number of nitrogens with one attached hydrogen (secondary N) is 5. The minimum Gasteiger partial charge on any atom is -0.325 e. The molecular formula is C43H37Cl2FN6O6. The second kappa shape index (κ2) is 14.3. The van der Waals surface area contributed by atoms with Gasteiger partial charge in [-0.1, -0.05) is 66.7 Å². The average Bonchev–Trinajstić information content (AvgIpc) is 3.80. The van der Waals surface area contributed by atoms with Gasteiger partial charge in [-0.25, -0.2) is 4.39 Å². The highest BCUT2D eigenvalue weighted by Gasteiger charge is 2.72. The van der Waals surface area contributed by atoms with E-state index in [2.05, 4.69) is 26.6 Å². The zero-order valence-electron chi connectivity index (χ0n) is 30.9. The molecule has 4 heterocycles. The van der Waals surface area contributed by atoms with Crippen LogP contribution in [0, 0.1) is 5.82 Å². The van der Waals surface area contributed by atoms with Crippen LogP contribution in [0.4, 0.5) is 21.5 Å². The molecule has 12 nitrogen and oxygen atoms in total. The lowest BCUT2D eigenvalue weighted by atomic mass is 9.55. The Balaban J connectivity index is 0.987. The first kappa shape index (κ1) is 37.9. The van der Waals surface area contributed by atoms with Gasteiger partial charge in [0.15, 0.2) is 0 Å². The fourth-order valence-electron chi connectivity index (χ4n) is 10.0. The van der Waals surface area contributed by atoms with Crippen LogP contribution >= 0.6 is 23.2 Å². The predicted molar refractivity (Wildman–Crippen MR) is 214 cm³/mol. The van der Waals surface area contributed by atoms with Crippen LogP contribution in [0.2, 0.25) is 10.0 Å². The number of imide groups is 1. The fourth-order valence-corrected chi connectivity index (χ4v) is 10.4. The summed E-state index contributed by atoms with van der Waals surface area (Å²) in [6.45, 7) is 0.0840. The van der Waals surface area contributed by atoms with E-state index in [1.54, 1.807) is 72.8 Å². The molecule has 6 amide bonds. The summed E-state index contributed by atoms with van der Waals surface area (Å²) in [7, 11) is 0. The van der Waals surface area contributed by atoms with Crippen molar-refractivity contribution in [2.45, 2.75) is 80.4 Å². The Bertz CT molecular complexity index is 2460. The summed E-state index contributed by atoms with van der Waals surface area (Å²) >= 11 is 12.7. The fraction of sp³-hybridized carbons (Fsp3) is 0.302. The summed E-state index contributed by atoms with van der Waals surface area (Å²) in [6.07, 6.45) is 4.03. The highest BCUT2D eigenvalue weighted by atomic mass is 35.5. The minimum atomic E-state index is -1.38. The molecule has 3 fully saturated rings. The van der Waals surface area contributed by atoms with Gasteiger partial charge >= 0.3 is 0 Å². The Labute approximate surface area is 342 Å². The normalized spacial score (nSPS) is 24.4. The van der Waals surface area contributed by atoms with E-state index in [1.807, 2.05) is 0 Å². The molecule has 0 aromatic heterocycles. The number of carbonyl (C=O) groups is 6. The molecule has 58 heavy (non-hydrogen) atoms. The molecule has 4 aliphatic heterocycles. The third-order valence-corrected chi connectivity index (χ3v) is 13.1. The molecule has 0 radical (unpaired) electrons. The van der Waals surface area contributed by atoms with Gasteiger partial charge in [-0.05, 0) is 85.0 Å². The Kier molecular flexibility index (Phi) is 9.37. The molecule has 1 saturated carbocycles. The predicted octanol–water partition coefficient (Wildman–Crippen LogP) is 6.43. The van der Waals surface area contributed by atoms with Crippen LogP contribution in [-0.4, -0.2) is 58.0 Å². The van der Waals surface area contributed by atoms with Crippen molar-refractivity contribution in [2.75, 3.05) is 16.0 Å². The minimum absolute atomic E-state index is 0.0840. The largest absolute Gasteiger partial charge is 0.325 e. The van der Waals surface area contributed by atoms with Gasteiger partial charge < -0.3 is 20.9 Å². The van der Waals surface area contributed by atoms with Crippen molar-refractivity contribution in [3.63, 3.8) is 0 Å². The van der Waals surface area contributed by atoms with Gasteiger partial charge in [0, 0.05) is 63.2 Å². The van der Waals surface area contributed by atoms with E-state index in [-0.39, 0.29) is 53.3 Å². The van der Waals surface area contributed by atoms with Crippen LogP contribution in [0.3, 0.4) is 0 Å². The molecule has 4 aromatic rings. The maximum Gasteiger partial charge on any atom is 0.255 e. The van der Waals surface area contributed by atoms with Crippen molar-refractivity contribution in [1.82, 2.24) is 15.5 Å². The van der Waals surface area contributed by atoms with Crippen molar-refractivity contribution in [2.24, 2.45) is 0 Å². The highest BCUT2D eigenvalue weighted by Crippen LogP contribution is 2.63. The van der Waals surface area contributed by atoms with E-state index in [4.69, 9.17) is 23.2 Å². The standard InChI is InChI=1S/C43H37Cl2FN6O6/c44-23-12-15-28-31(20-23)49-41(58)43(28)34(26-7-4-8-29(45)35(26)46)36(51-42(43)18-2-1-3-19-42)39(56)47-24-13-10-22(11-14-24)37(54)48-30-9-5-6-25-27(30)21-52(40(25)57)32-16-17-33(53)50-38(32)55/h4-15,20,32,34,36,51H,1-3,16-19,21H2,(H,47,56)(H,48,54)(H,49,58)(H,50,53,55)/t32?,34-,36+,43+/m0/s1. The number of hydrogen-bond donors (Lipinski definition) is 5. The van der Waals surface area contributed by atoms with Gasteiger partial charge in [0.05, 0.1) is 11.1 Å². The number of rotatable bonds is 6. The molecule has 5 N–H and O–H groups in total. The van der Waals surface area contributed by atoms with Gasteiger partial charge in [0.2, 0.25) is 23.6 Å². The van der Waals surface area contributed by atoms with Crippen molar-refractivity contribution in [1.29, 1.82) is 0 Å². The molecule has 0 bridgehead atoms. The number of amides is 6. The SMILES string of the molecule is O=C1CCC(N2Cc3c(NC(=O)c4ccc(NC(=O)[C@@H]5NC6(CCCCC6)[C@@]6(C(=O)Nc7cc(Cl)ccc76)[C@H]5c5cccc(Cl)c5F)cc4)cccc3C2=O)C(=O)N1. The first-order chi connectivity index (χ1) is 27.9. The van der Waals surface area contributed by atoms with Gasteiger partial charge in [-0.15, -0.1) is 0 Å². The Hall–Kier alpha value is -5.63. The van der Waals surface area contributed by atoms with Crippen molar-refractivity contribution in [3.8, 4) is 0 Å². The van der Waals surface area contributed by atoms with Gasteiger partial charge in [-0.2, -0.15) is 0 Å². The molecule has 9 rings (SSSR count). The molecule has 4 atom stereocenters. The maximum absolute atomic E-state index is 16.2. The van der Waals surface area contributed by atoms with Crippen molar-refractivity contribution < 1.29 is 33.2 Å². The smallest absolute Gasteiger partial charge is 0.255 e. The Morgan fingerprint density at radius 2 is 1.62 bits per heavy atom. The van der Waals surface area contributed by atoms with Crippen LogP contribution in [0.15, 0.2) is 78.9 Å². The lowest BCUT2D eigenvalue weighted by Gasteiger charge is -2.47. The first-order valence-electron chi connectivity index (χ1n) is 19.2. The van der Waals surface area contributed by atoms with Gasteiger partial charge in [0.25, 0.3) is 11.8 Å². The maximum atomic E-state index is 16.2. The number of nitrogens with zero attached hydrogens (tertiary/aromatic N) is 1. The third-order valence-electron chi connectivity index (χ3n) is 12.6. The van der Waals surface area contributed by atoms with E-state index in [0.717, 1.165) is 19.3 Å². The molecule has 15 heteroatoms. The summed E-state index contributed by atoms with van der Waals surface area (Å²) in [5, 5.41) is 15.0.